The Morgan fingerprint density at radius 1 is 1.58 bits per heavy atom. The van der Waals surface area contributed by atoms with E-state index >= 15 is 0 Å². The number of carbonyl (C=O) groups excluding carboxylic acids is 1. The van der Waals surface area contributed by atoms with Crippen LogP contribution in [0.1, 0.15) is 18.9 Å². The van der Waals surface area contributed by atoms with Gasteiger partial charge in [-0.25, -0.2) is 4.39 Å². The number of halogens is 2. The van der Waals surface area contributed by atoms with Gasteiger partial charge in [-0.05, 0) is 46.7 Å². The zero-order chi connectivity index (χ0) is 14.3. The van der Waals surface area contributed by atoms with Crippen LogP contribution in [-0.2, 0) is 15.3 Å². The average molecular weight is 350 g/mol. The Morgan fingerprint density at radius 2 is 2.32 bits per heavy atom. The van der Waals surface area contributed by atoms with E-state index in [4.69, 9.17) is 10.5 Å². The zero-order valence-corrected chi connectivity index (χ0v) is 13.1. The van der Waals surface area contributed by atoms with Crippen LogP contribution in [0.15, 0.2) is 22.7 Å². The molecule has 1 rings (SSSR count). The van der Waals surface area contributed by atoms with Gasteiger partial charge in [0, 0.05) is 5.75 Å². The highest BCUT2D eigenvalue weighted by Gasteiger charge is 2.14. The number of ether oxygens (including phenoxy) is 1. The lowest BCUT2D eigenvalue weighted by atomic mass is 10.2. The molecular formula is C13H17BrFNO2S. The maximum Gasteiger partial charge on any atom is 0.322 e. The fraction of sp³-hybridized carbons (Fsp3) is 0.462. The lowest BCUT2D eigenvalue weighted by molar-refractivity contribution is -0.144. The van der Waals surface area contributed by atoms with Crippen molar-refractivity contribution >= 4 is 33.7 Å². The van der Waals surface area contributed by atoms with Gasteiger partial charge in [-0.1, -0.05) is 12.1 Å². The fourth-order valence-electron chi connectivity index (χ4n) is 1.42. The van der Waals surface area contributed by atoms with Gasteiger partial charge in [-0.3, -0.25) is 4.79 Å². The molecule has 19 heavy (non-hydrogen) atoms. The van der Waals surface area contributed by atoms with E-state index in [2.05, 4.69) is 15.9 Å². The third-order valence-electron chi connectivity index (χ3n) is 2.45. The van der Waals surface area contributed by atoms with Crippen molar-refractivity contribution in [3.8, 4) is 0 Å². The number of thioether (sulfide) groups is 1. The number of esters is 1. The molecule has 1 atom stereocenters. The molecule has 1 unspecified atom stereocenters. The normalized spacial score (nSPS) is 12.2. The second-order valence-corrected chi connectivity index (χ2v) is 5.81. The Bertz CT molecular complexity index is 431. The molecule has 0 spiro atoms. The summed E-state index contributed by atoms with van der Waals surface area (Å²) in [5.41, 5.74) is 6.58. The monoisotopic (exact) mass is 349 g/mol. The van der Waals surface area contributed by atoms with Gasteiger partial charge >= 0.3 is 5.97 Å². The molecule has 0 aliphatic heterocycles. The summed E-state index contributed by atoms with van der Waals surface area (Å²) in [5.74, 6) is 0.771. The number of rotatable bonds is 7. The summed E-state index contributed by atoms with van der Waals surface area (Å²) in [4.78, 5) is 11.3. The summed E-state index contributed by atoms with van der Waals surface area (Å²) in [5, 5.41) is 0. The smallest absolute Gasteiger partial charge is 0.322 e. The maximum absolute atomic E-state index is 13.3. The van der Waals surface area contributed by atoms with Crippen LogP contribution in [0, 0.1) is 5.82 Å². The van der Waals surface area contributed by atoms with Crippen molar-refractivity contribution in [2.75, 3.05) is 12.4 Å². The van der Waals surface area contributed by atoms with Crippen LogP contribution in [0.4, 0.5) is 4.39 Å². The Balaban J connectivity index is 2.31. The molecule has 0 aliphatic rings. The van der Waals surface area contributed by atoms with Gasteiger partial charge in [0.05, 0.1) is 11.1 Å². The molecule has 1 aromatic rings. The molecule has 0 radical (unpaired) electrons. The Labute approximate surface area is 125 Å². The molecule has 6 heteroatoms. The first kappa shape index (κ1) is 16.5. The maximum atomic E-state index is 13.3. The van der Waals surface area contributed by atoms with Crippen LogP contribution < -0.4 is 5.73 Å². The predicted octanol–water partition coefficient (Wildman–Crippen LogP) is 3.10. The van der Waals surface area contributed by atoms with Crippen molar-refractivity contribution in [1.82, 2.24) is 0 Å². The Hall–Kier alpha value is -0.590. The molecule has 0 fully saturated rings. The minimum Gasteiger partial charge on any atom is -0.465 e. The molecule has 0 bridgehead atoms. The molecule has 3 nitrogen and oxygen atoms in total. The van der Waals surface area contributed by atoms with E-state index in [-0.39, 0.29) is 11.8 Å². The molecule has 0 aliphatic carbocycles. The predicted molar refractivity (Wildman–Crippen MR) is 79.5 cm³/mol. The van der Waals surface area contributed by atoms with E-state index in [1.165, 1.54) is 6.07 Å². The van der Waals surface area contributed by atoms with Gasteiger partial charge in [0.1, 0.15) is 11.9 Å². The lowest BCUT2D eigenvalue weighted by Crippen LogP contribution is -2.32. The van der Waals surface area contributed by atoms with Crippen molar-refractivity contribution in [3.05, 3.63) is 34.1 Å². The molecular weight excluding hydrogens is 333 g/mol. The third kappa shape index (κ3) is 5.50. The SMILES string of the molecule is CCOC(=O)C(N)CCSCc1cccc(F)c1Br. The quantitative estimate of drug-likeness (QED) is 0.607. The molecule has 0 saturated carbocycles. The van der Waals surface area contributed by atoms with Crippen molar-refractivity contribution in [3.63, 3.8) is 0 Å². The van der Waals surface area contributed by atoms with Gasteiger partial charge in [-0.15, -0.1) is 0 Å². The Morgan fingerprint density at radius 3 is 3.00 bits per heavy atom. The van der Waals surface area contributed by atoms with Gasteiger partial charge in [0.25, 0.3) is 0 Å². The molecule has 0 aromatic heterocycles. The standard InChI is InChI=1S/C13H17BrFNO2S/c1-2-18-13(17)11(16)6-7-19-8-9-4-3-5-10(15)12(9)14/h3-5,11H,2,6-8,16H2,1H3. The lowest BCUT2D eigenvalue weighted by Gasteiger charge is -2.10. The number of hydrogen-bond acceptors (Lipinski definition) is 4. The largest absolute Gasteiger partial charge is 0.465 e. The molecule has 0 saturated heterocycles. The average Bonchev–Trinajstić information content (AvgIpc) is 2.39. The minimum absolute atomic E-state index is 0.263. The van der Waals surface area contributed by atoms with Crippen LogP contribution in [0.25, 0.3) is 0 Å². The first-order valence-electron chi connectivity index (χ1n) is 5.99. The van der Waals surface area contributed by atoms with Crippen LogP contribution in [-0.4, -0.2) is 24.4 Å². The van der Waals surface area contributed by atoms with E-state index in [1.807, 2.05) is 6.07 Å². The summed E-state index contributed by atoms with van der Waals surface area (Å²) >= 11 is 4.83. The highest BCUT2D eigenvalue weighted by atomic mass is 79.9. The van der Waals surface area contributed by atoms with Crippen molar-refractivity contribution in [2.45, 2.75) is 25.1 Å². The number of hydrogen-bond donors (Lipinski definition) is 1. The molecule has 0 heterocycles. The van der Waals surface area contributed by atoms with Crippen LogP contribution in [0.3, 0.4) is 0 Å². The first-order valence-corrected chi connectivity index (χ1v) is 7.93. The zero-order valence-electron chi connectivity index (χ0n) is 10.7. The second-order valence-electron chi connectivity index (χ2n) is 3.91. The van der Waals surface area contributed by atoms with E-state index in [0.29, 0.717) is 23.3 Å². The highest BCUT2D eigenvalue weighted by molar-refractivity contribution is 9.10. The van der Waals surface area contributed by atoms with Crippen LogP contribution >= 0.6 is 27.7 Å². The summed E-state index contributed by atoms with van der Waals surface area (Å²) in [7, 11) is 0. The Kier molecular flexibility index (Phi) is 7.41. The van der Waals surface area contributed by atoms with E-state index in [0.717, 1.165) is 11.3 Å². The number of carbonyl (C=O) groups is 1. The fourth-order valence-corrected chi connectivity index (χ4v) is 3.04. The first-order chi connectivity index (χ1) is 9.06. The summed E-state index contributed by atoms with van der Waals surface area (Å²) < 4.78 is 18.6. The summed E-state index contributed by atoms with van der Waals surface area (Å²) in [6, 6.07) is 4.38. The van der Waals surface area contributed by atoms with E-state index in [9.17, 15) is 9.18 Å². The summed E-state index contributed by atoms with van der Waals surface area (Å²) in [6.07, 6.45) is 0.552. The van der Waals surface area contributed by atoms with E-state index < -0.39 is 6.04 Å². The second kappa shape index (κ2) is 8.55. The van der Waals surface area contributed by atoms with Crippen molar-refractivity contribution < 1.29 is 13.9 Å². The van der Waals surface area contributed by atoms with Crippen molar-refractivity contribution in [1.29, 1.82) is 0 Å². The molecule has 2 N–H and O–H groups in total. The van der Waals surface area contributed by atoms with Crippen LogP contribution in [0.5, 0.6) is 0 Å². The van der Waals surface area contributed by atoms with Gasteiger partial charge in [0.2, 0.25) is 0 Å². The molecule has 0 amide bonds. The number of nitrogens with two attached hydrogens (primary N) is 1. The number of benzene rings is 1. The minimum atomic E-state index is -0.580. The van der Waals surface area contributed by atoms with Gasteiger partial charge < -0.3 is 10.5 Å². The molecule has 1 aromatic carbocycles. The highest BCUT2D eigenvalue weighted by Crippen LogP contribution is 2.24. The van der Waals surface area contributed by atoms with Crippen molar-refractivity contribution in [2.24, 2.45) is 5.73 Å². The molecule has 106 valence electrons. The topological polar surface area (TPSA) is 52.3 Å². The van der Waals surface area contributed by atoms with Gasteiger partial charge in [-0.2, -0.15) is 11.8 Å². The van der Waals surface area contributed by atoms with Crippen LogP contribution in [0.2, 0.25) is 0 Å². The summed E-state index contributed by atoms with van der Waals surface area (Å²) in [6.45, 7) is 2.09. The van der Waals surface area contributed by atoms with Gasteiger partial charge in [0.15, 0.2) is 0 Å². The van der Waals surface area contributed by atoms with E-state index in [1.54, 1.807) is 24.8 Å². The third-order valence-corrected chi connectivity index (χ3v) is 4.38.